The number of hydrogen-bond donors (Lipinski definition) is 3. The summed E-state index contributed by atoms with van der Waals surface area (Å²) < 4.78 is 12.3. The highest BCUT2D eigenvalue weighted by atomic mass is 35.5. The van der Waals surface area contributed by atoms with Gasteiger partial charge in [0.25, 0.3) is 5.91 Å². The Morgan fingerprint density at radius 2 is 1.16 bits per heavy atom. The Morgan fingerprint density at radius 1 is 0.714 bits per heavy atom. The predicted molar refractivity (Wildman–Crippen MR) is 244 cm³/mol. The summed E-state index contributed by atoms with van der Waals surface area (Å²) in [6, 6.07) is 23.0. The van der Waals surface area contributed by atoms with Gasteiger partial charge < -0.3 is 29.9 Å². The van der Waals surface area contributed by atoms with Gasteiger partial charge in [0.1, 0.15) is 35.8 Å². The number of benzene rings is 4. The zero-order valence-electron chi connectivity index (χ0n) is 36.4. The highest BCUT2D eigenvalue weighted by Gasteiger charge is 2.46. The van der Waals surface area contributed by atoms with Crippen molar-refractivity contribution in [2.24, 2.45) is 9.98 Å². The van der Waals surface area contributed by atoms with Gasteiger partial charge in [0, 0.05) is 27.4 Å². The van der Waals surface area contributed by atoms with Crippen LogP contribution in [0.2, 0.25) is 10.0 Å². The molecule has 63 heavy (non-hydrogen) atoms. The third kappa shape index (κ3) is 9.43. The lowest BCUT2D eigenvalue weighted by Gasteiger charge is -2.39. The average Bonchev–Trinajstić information content (AvgIpc) is 3.93. The number of aliphatic hydroxyl groups is 2. The normalized spacial score (nSPS) is 19.2. The van der Waals surface area contributed by atoms with E-state index in [9.17, 15) is 15.0 Å². The van der Waals surface area contributed by atoms with E-state index >= 15 is 9.59 Å². The van der Waals surface area contributed by atoms with Gasteiger partial charge in [-0.2, -0.15) is 0 Å². The maximum atomic E-state index is 15.3. The van der Waals surface area contributed by atoms with E-state index in [1.54, 1.807) is 29.2 Å². The van der Waals surface area contributed by atoms with E-state index in [1.807, 2.05) is 102 Å². The molecule has 0 radical (unpaired) electrons. The van der Waals surface area contributed by atoms with Gasteiger partial charge in [-0.3, -0.25) is 29.4 Å². The van der Waals surface area contributed by atoms with Crippen LogP contribution < -0.4 is 14.8 Å². The van der Waals surface area contributed by atoms with Gasteiger partial charge in [0.05, 0.1) is 62.7 Å². The van der Waals surface area contributed by atoms with E-state index in [0.29, 0.717) is 57.6 Å². The fourth-order valence-electron chi connectivity index (χ4n) is 7.94. The first-order chi connectivity index (χ1) is 30.1. The Labute approximate surface area is 378 Å². The number of carbonyl (C=O) groups is 3. The van der Waals surface area contributed by atoms with Crippen LogP contribution in [0.3, 0.4) is 0 Å². The molecule has 0 bridgehead atoms. The second kappa shape index (κ2) is 18.7. The summed E-state index contributed by atoms with van der Waals surface area (Å²) in [6.07, 6.45) is 0. The van der Waals surface area contributed by atoms with E-state index in [-0.39, 0.29) is 39.4 Å². The van der Waals surface area contributed by atoms with E-state index < -0.39 is 46.8 Å². The number of amides is 4. The third-order valence-electron chi connectivity index (χ3n) is 11.9. The summed E-state index contributed by atoms with van der Waals surface area (Å²) in [5, 5.41) is 24.3. The van der Waals surface area contributed by atoms with Crippen molar-refractivity contribution in [3.8, 4) is 11.5 Å². The van der Waals surface area contributed by atoms with Crippen molar-refractivity contribution in [2.45, 2.75) is 70.5 Å². The zero-order valence-corrected chi connectivity index (χ0v) is 37.9. The molecule has 332 valence electrons. The number of urea groups is 1. The number of ether oxygens (including phenoxy) is 2. The van der Waals surface area contributed by atoms with Crippen molar-refractivity contribution in [1.82, 2.24) is 20.0 Å². The summed E-state index contributed by atoms with van der Waals surface area (Å²) >= 11 is 12.5. The minimum atomic E-state index is -1.14. The molecule has 1 unspecified atom stereocenters. The van der Waals surface area contributed by atoms with Crippen molar-refractivity contribution in [1.29, 1.82) is 0 Å². The van der Waals surface area contributed by atoms with Gasteiger partial charge in [0.15, 0.2) is 0 Å². The van der Waals surface area contributed by atoms with E-state index in [4.69, 9.17) is 42.7 Å². The second-order valence-corrected chi connectivity index (χ2v) is 18.1. The Balaban J connectivity index is 1.29. The number of amidine groups is 2. The fourth-order valence-corrected chi connectivity index (χ4v) is 8.20. The maximum Gasteiger partial charge on any atom is 0.326 e. The molecule has 13 nitrogen and oxygen atoms in total. The second-order valence-electron chi connectivity index (χ2n) is 17.2. The molecule has 15 heteroatoms. The Bertz CT molecular complexity index is 2420. The number of aliphatic imine (C=N–C) groups is 2. The summed E-state index contributed by atoms with van der Waals surface area (Å²) in [4.78, 5) is 58.4. The quantitative estimate of drug-likeness (QED) is 0.130. The van der Waals surface area contributed by atoms with Crippen LogP contribution in [-0.2, 0) is 20.4 Å². The number of rotatable bonds is 13. The van der Waals surface area contributed by atoms with Gasteiger partial charge in [-0.15, -0.1) is 0 Å². The monoisotopic (exact) mass is 896 g/mol. The summed E-state index contributed by atoms with van der Waals surface area (Å²) in [7, 11) is 0. The lowest BCUT2D eigenvalue weighted by atomic mass is 9.85. The van der Waals surface area contributed by atoms with Crippen molar-refractivity contribution >= 4 is 52.7 Å². The lowest BCUT2D eigenvalue weighted by molar-refractivity contribution is -0.135. The molecule has 0 spiro atoms. The molecule has 3 aliphatic heterocycles. The van der Waals surface area contributed by atoms with Crippen molar-refractivity contribution in [3.05, 3.63) is 128 Å². The van der Waals surface area contributed by atoms with Crippen LogP contribution in [0.15, 0.2) is 94.9 Å². The first-order valence-electron chi connectivity index (χ1n) is 21.2. The topological polar surface area (TPSA) is 157 Å². The number of aliphatic hydroxyl groups excluding tert-OH is 2. The number of nitrogens with one attached hydrogen (secondary N) is 1. The molecule has 3 atom stereocenters. The van der Waals surface area contributed by atoms with Gasteiger partial charge >= 0.3 is 6.03 Å². The molecule has 4 aromatic carbocycles. The lowest BCUT2D eigenvalue weighted by Crippen LogP contribution is -2.64. The number of hydrogen-bond acceptors (Lipinski definition) is 9. The van der Waals surface area contributed by atoms with Crippen molar-refractivity contribution in [3.63, 3.8) is 0 Å². The number of nitrogens with zero attached hydrogens (tertiary/aromatic N) is 5. The fraction of sp³-hybridized carbons (Fsp3) is 0.396. The average molecular weight is 898 g/mol. The van der Waals surface area contributed by atoms with Crippen molar-refractivity contribution in [2.75, 3.05) is 52.6 Å². The predicted octanol–water partition coefficient (Wildman–Crippen LogP) is 7.08. The van der Waals surface area contributed by atoms with Crippen LogP contribution in [0.1, 0.15) is 87.0 Å². The Morgan fingerprint density at radius 3 is 1.60 bits per heavy atom. The summed E-state index contributed by atoms with van der Waals surface area (Å²) in [5.74, 6) is 0.753. The molecule has 3 heterocycles. The highest BCUT2D eigenvalue weighted by molar-refractivity contribution is 6.30. The molecule has 3 aliphatic rings. The largest absolute Gasteiger partial charge is 0.493 e. The molecule has 1 fully saturated rings. The molecule has 0 saturated carbocycles. The van der Waals surface area contributed by atoms with E-state index in [2.05, 4.69) is 5.32 Å². The Kier molecular flexibility index (Phi) is 13.5. The van der Waals surface area contributed by atoms with Crippen LogP contribution in [-0.4, -0.2) is 113 Å². The van der Waals surface area contributed by atoms with Gasteiger partial charge in [-0.25, -0.2) is 4.79 Å². The molecule has 1 saturated heterocycles. The Hall–Kier alpha value is -5.47. The molecule has 7 rings (SSSR count). The van der Waals surface area contributed by atoms with Crippen LogP contribution >= 0.6 is 23.2 Å². The van der Waals surface area contributed by atoms with Crippen molar-refractivity contribution < 1.29 is 34.1 Å². The zero-order chi connectivity index (χ0) is 45.2. The van der Waals surface area contributed by atoms with E-state index in [0.717, 1.165) is 22.3 Å². The molecular formula is C48H54Cl2N6O7. The molecule has 0 aliphatic carbocycles. The maximum absolute atomic E-state index is 15.3. The molecular weight excluding hydrogens is 843 g/mol. The molecule has 0 aromatic heterocycles. The van der Waals surface area contributed by atoms with E-state index in [1.165, 1.54) is 9.80 Å². The molecule has 3 N–H and O–H groups in total. The van der Waals surface area contributed by atoms with Crippen LogP contribution in [0, 0.1) is 0 Å². The number of halogens is 2. The highest BCUT2D eigenvalue weighted by Crippen LogP contribution is 2.38. The molecule has 4 amide bonds. The third-order valence-corrected chi connectivity index (χ3v) is 12.4. The minimum absolute atomic E-state index is 0.0938. The van der Waals surface area contributed by atoms with Gasteiger partial charge in [0.2, 0.25) is 5.91 Å². The first kappa shape index (κ1) is 45.6. The molecule has 4 aromatic rings. The SMILES string of the molecule is CCOc1cc(C(C)(C)CO)ccc1C1=NC(c2ccc(Cl)cc2)CN1C(=O)[C@H]1CNC(=O)CN1C(=O)N1C[C@H](c2ccc(Cl)cc2)N=C1c1ccc(C(C)(C)CO)cc1OCC. The van der Waals surface area contributed by atoms with Crippen LogP contribution in [0.4, 0.5) is 4.79 Å². The van der Waals surface area contributed by atoms with Gasteiger partial charge in [-0.05, 0) is 84.6 Å². The smallest absolute Gasteiger partial charge is 0.326 e. The summed E-state index contributed by atoms with van der Waals surface area (Å²) in [6.45, 7) is 11.6. The van der Waals surface area contributed by atoms with Crippen LogP contribution in [0.5, 0.6) is 11.5 Å². The first-order valence-corrected chi connectivity index (χ1v) is 21.9. The van der Waals surface area contributed by atoms with Gasteiger partial charge in [-0.1, -0.05) is 87.3 Å². The number of piperazine rings is 1. The summed E-state index contributed by atoms with van der Waals surface area (Å²) in [5.41, 5.74) is 3.27. The number of carbonyl (C=O) groups excluding carboxylic acids is 3. The standard InChI is InChI=1S/C48H54Cl2N6O7/c1-7-62-40-21-31(47(3,4)27-57)13-19-35(40)43-52-37(29-9-15-33(49)16-10-29)24-55(43)45(60)39-23-51-42(59)26-54(39)46(61)56-25-38(30-11-17-34(50)18-12-30)53-44(56)36-20-14-32(48(5,6)28-58)22-41(36)63-8-2/h9-22,37-39,57-58H,7-8,23-28H2,1-6H3,(H,51,59)/t37?,38-,39-/m1/s1. The minimum Gasteiger partial charge on any atom is -0.493 e. The van der Waals surface area contributed by atoms with Crippen LogP contribution in [0.25, 0.3) is 0 Å².